The van der Waals surface area contributed by atoms with Crippen molar-refractivity contribution >= 4 is 17.5 Å². The third kappa shape index (κ3) is 2.71. The Morgan fingerprint density at radius 2 is 2.00 bits per heavy atom. The number of aromatic nitrogens is 3. The van der Waals surface area contributed by atoms with E-state index in [1.54, 1.807) is 13.4 Å². The van der Waals surface area contributed by atoms with Crippen molar-refractivity contribution in [1.82, 2.24) is 14.8 Å². The number of nitrogens with one attached hydrogen (secondary N) is 1. The number of ether oxygens (including phenoxy) is 1. The second-order valence-electron chi connectivity index (χ2n) is 5.80. The highest BCUT2D eigenvalue weighted by atomic mass is 35.5. The maximum atomic E-state index is 6.03. The Bertz CT molecular complexity index is 846. The minimum Gasteiger partial charge on any atom is -0.497 e. The van der Waals surface area contributed by atoms with Crippen LogP contribution in [0.15, 0.2) is 54.9 Å². The van der Waals surface area contributed by atoms with Crippen LogP contribution in [0, 0.1) is 0 Å². The minimum atomic E-state index is 0.109. The largest absolute Gasteiger partial charge is 0.497 e. The Kier molecular flexibility index (Phi) is 3.86. The van der Waals surface area contributed by atoms with Crippen molar-refractivity contribution < 1.29 is 4.74 Å². The molecule has 2 heterocycles. The van der Waals surface area contributed by atoms with Crippen LogP contribution in [0.3, 0.4) is 0 Å². The number of benzene rings is 2. The molecule has 1 N–H and O–H groups in total. The molecule has 2 aromatic carbocycles. The summed E-state index contributed by atoms with van der Waals surface area (Å²) < 4.78 is 7.28. The molecular formula is C18H17ClN4O. The van der Waals surface area contributed by atoms with Crippen molar-refractivity contribution in [2.45, 2.75) is 18.5 Å². The first-order chi connectivity index (χ1) is 11.7. The fourth-order valence-electron chi connectivity index (χ4n) is 3.16. The first kappa shape index (κ1) is 15.0. The van der Waals surface area contributed by atoms with Crippen molar-refractivity contribution in [3.63, 3.8) is 0 Å². The predicted octanol–water partition coefficient (Wildman–Crippen LogP) is 4.09. The number of hydrogen-bond donors (Lipinski definition) is 1. The van der Waals surface area contributed by atoms with Crippen LogP contribution in [-0.4, -0.2) is 21.9 Å². The summed E-state index contributed by atoms with van der Waals surface area (Å²) in [7, 11) is 1.68. The van der Waals surface area contributed by atoms with Crippen LogP contribution in [0.25, 0.3) is 0 Å². The van der Waals surface area contributed by atoms with Crippen LogP contribution in [0.2, 0.25) is 5.02 Å². The Labute approximate surface area is 145 Å². The molecule has 0 fully saturated rings. The first-order valence-electron chi connectivity index (χ1n) is 7.80. The van der Waals surface area contributed by atoms with Gasteiger partial charge in [0.15, 0.2) is 0 Å². The number of rotatable bonds is 3. The van der Waals surface area contributed by atoms with E-state index >= 15 is 0 Å². The van der Waals surface area contributed by atoms with Crippen LogP contribution >= 0.6 is 11.6 Å². The lowest BCUT2D eigenvalue weighted by Crippen LogP contribution is -2.28. The molecule has 1 aromatic heterocycles. The summed E-state index contributed by atoms with van der Waals surface area (Å²) in [5.41, 5.74) is 2.34. The van der Waals surface area contributed by atoms with E-state index in [-0.39, 0.29) is 12.1 Å². The molecule has 0 saturated heterocycles. The third-order valence-corrected chi connectivity index (χ3v) is 4.63. The Hall–Kier alpha value is -2.53. The molecule has 4 rings (SSSR count). The summed E-state index contributed by atoms with van der Waals surface area (Å²) >= 11 is 6.03. The van der Waals surface area contributed by atoms with E-state index in [2.05, 4.69) is 27.5 Å². The van der Waals surface area contributed by atoms with Crippen molar-refractivity contribution in [2.24, 2.45) is 0 Å². The van der Waals surface area contributed by atoms with Gasteiger partial charge in [0.2, 0.25) is 5.95 Å². The maximum Gasteiger partial charge on any atom is 0.222 e. The summed E-state index contributed by atoms with van der Waals surface area (Å²) in [5, 5.41) is 8.58. The molecule has 6 heteroatoms. The van der Waals surface area contributed by atoms with Crippen molar-refractivity contribution in [3.05, 3.63) is 71.0 Å². The fourth-order valence-corrected chi connectivity index (χ4v) is 3.29. The molecule has 0 unspecified atom stereocenters. The number of anilines is 1. The van der Waals surface area contributed by atoms with Crippen LogP contribution in [0.5, 0.6) is 5.75 Å². The molecule has 0 spiro atoms. The Morgan fingerprint density at radius 3 is 2.79 bits per heavy atom. The molecule has 3 aromatic rings. The van der Waals surface area contributed by atoms with Crippen LogP contribution in [0.1, 0.15) is 29.6 Å². The highest BCUT2D eigenvalue weighted by Crippen LogP contribution is 2.38. The summed E-state index contributed by atoms with van der Waals surface area (Å²) in [4.78, 5) is 4.35. The zero-order valence-electron chi connectivity index (χ0n) is 13.2. The predicted molar refractivity (Wildman–Crippen MR) is 93.6 cm³/mol. The average molecular weight is 341 g/mol. The van der Waals surface area contributed by atoms with Gasteiger partial charge in [0.1, 0.15) is 12.1 Å². The second-order valence-corrected chi connectivity index (χ2v) is 6.24. The van der Waals surface area contributed by atoms with E-state index in [1.165, 1.54) is 11.1 Å². The molecule has 0 amide bonds. The minimum absolute atomic E-state index is 0.109. The van der Waals surface area contributed by atoms with E-state index < -0.39 is 0 Å². The first-order valence-corrected chi connectivity index (χ1v) is 8.18. The highest BCUT2D eigenvalue weighted by Gasteiger charge is 2.30. The van der Waals surface area contributed by atoms with Gasteiger partial charge in [0.05, 0.1) is 19.2 Å². The van der Waals surface area contributed by atoms with Gasteiger partial charge in [-0.15, -0.1) is 0 Å². The molecule has 2 atom stereocenters. The van der Waals surface area contributed by atoms with Gasteiger partial charge in [0, 0.05) is 5.02 Å². The van der Waals surface area contributed by atoms with E-state index in [4.69, 9.17) is 16.3 Å². The number of fused-ring (bicyclic) bond motifs is 1. The van der Waals surface area contributed by atoms with Crippen LogP contribution in [-0.2, 0) is 0 Å². The zero-order chi connectivity index (χ0) is 16.5. The number of nitrogens with zero attached hydrogens (tertiary/aromatic N) is 3. The monoisotopic (exact) mass is 340 g/mol. The van der Waals surface area contributed by atoms with Crippen LogP contribution in [0.4, 0.5) is 5.95 Å². The maximum absolute atomic E-state index is 6.03. The van der Waals surface area contributed by atoms with E-state index in [0.717, 1.165) is 23.1 Å². The molecule has 1 aliphatic heterocycles. The zero-order valence-corrected chi connectivity index (χ0v) is 13.9. The standard InChI is InChI=1S/C18H17ClN4O/c1-24-15-4-2-3-13(9-15)16-10-17(12-5-7-14(19)8-6-12)23-18(22-16)20-11-21-23/h2-9,11,16-17H,10H2,1H3,(H,20,21,22)/t16-,17-/m1/s1. The number of hydrogen-bond acceptors (Lipinski definition) is 4. The van der Waals surface area contributed by atoms with Crippen LogP contribution < -0.4 is 10.1 Å². The molecule has 122 valence electrons. The van der Waals surface area contributed by atoms with Gasteiger partial charge in [0.25, 0.3) is 0 Å². The lowest BCUT2D eigenvalue weighted by molar-refractivity contribution is 0.410. The van der Waals surface area contributed by atoms with Gasteiger partial charge in [-0.25, -0.2) is 4.68 Å². The van der Waals surface area contributed by atoms with E-state index in [1.807, 2.05) is 41.1 Å². The summed E-state index contributed by atoms with van der Waals surface area (Å²) in [5.74, 6) is 1.62. The third-order valence-electron chi connectivity index (χ3n) is 4.38. The van der Waals surface area contributed by atoms with Gasteiger partial charge in [-0.05, 0) is 41.8 Å². The molecule has 24 heavy (non-hydrogen) atoms. The van der Waals surface area contributed by atoms with Gasteiger partial charge in [-0.3, -0.25) is 0 Å². The summed E-state index contributed by atoms with van der Waals surface area (Å²) in [6.07, 6.45) is 2.45. The lowest BCUT2D eigenvalue weighted by Gasteiger charge is -2.32. The molecule has 0 aliphatic carbocycles. The SMILES string of the molecule is COc1cccc([C@H]2C[C@H](c3ccc(Cl)cc3)n3ncnc3N2)c1. The second kappa shape index (κ2) is 6.17. The summed E-state index contributed by atoms with van der Waals surface area (Å²) in [6, 6.07) is 16.3. The average Bonchev–Trinajstić information content (AvgIpc) is 3.10. The van der Waals surface area contributed by atoms with Gasteiger partial charge in [-0.2, -0.15) is 10.1 Å². The molecule has 0 radical (unpaired) electrons. The molecule has 0 bridgehead atoms. The number of methoxy groups -OCH3 is 1. The van der Waals surface area contributed by atoms with E-state index in [9.17, 15) is 0 Å². The Morgan fingerprint density at radius 1 is 1.17 bits per heavy atom. The van der Waals surface area contributed by atoms with Gasteiger partial charge in [-0.1, -0.05) is 35.9 Å². The number of halogens is 1. The normalized spacial score (nSPS) is 19.4. The molecule has 5 nitrogen and oxygen atoms in total. The smallest absolute Gasteiger partial charge is 0.222 e. The van der Waals surface area contributed by atoms with E-state index in [0.29, 0.717) is 0 Å². The highest BCUT2D eigenvalue weighted by molar-refractivity contribution is 6.30. The quantitative estimate of drug-likeness (QED) is 0.780. The molecule has 0 saturated carbocycles. The summed E-state index contributed by atoms with van der Waals surface area (Å²) in [6.45, 7) is 0. The van der Waals surface area contributed by atoms with Crippen molar-refractivity contribution in [2.75, 3.05) is 12.4 Å². The molecule has 1 aliphatic rings. The van der Waals surface area contributed by atoms with Crippen molar-refractivity contribution in [3.8, 4) is 5.75 Å². The molecular weight excluding hydrogens is 324 g/mol. The van der Waals surface area contributed by atoms with Gasteiger partial charge >= 0.3 is 0 Å². The Balaban J connectivity index is 1.71. The topological polar surface area (TPSA) is 52.0 Å². The van der Waals surface area contributed by atoms with Crippen molar-refractivity contribution in [1.29, 1.82) is 0 Å². The lowest BCUT2D eigenvalue weighted by atomic mass is 9.93. The fraction of sp³-hybridized carbons (Fsp3) is 0.222. The van der Waals surface area contributed by atoms with Gasteiger partial charge < -0.3 is 10.1 Å².